The molecule has 4 aromatic rings. The highest BCUT2D eigenvalue weighted by Gasteiger charge is 2.29. The van der Waals surface area contributed by atoms with Gasteiger partial charge in [0.1, 0.15) is 6.54 Å². The Hall–Kier alpha value is -3.57. The monoisotopic (exact) mass is 617 g/mol. The summed E-state index contributed by atoms with van der Waals surface area (Å²) in [7, 11) is -8.10. The highest BCUT2D eigenvalue weighted by atomic mass is 35.5. The zero-order chi connectivity index (χ0) is 29.1. The number of nitrogens with zero attached hydrogens (tertiary/aromatic N) is 1. The van der Waals surface area contributed by atoms with Crippen LogP contribution in [-0.4, -0.2) is 29.3 Å². The lowest BCUT2D eigenvalue weighted by Crippen LogP contribution is -2.38. The van der Waals surface area contributed by atoms with Crippen molar-refractivity contribution in [2.24, 2.45) is 0 Å². The smallest absolute Gasteiger partial charge is 0.264 e. The summed E-state index contributed by atoms with van der Waals surface area (Å²) < 4.78 is 56.4. The van der Waals surface area contributed by atoms with E-state index in [2.05, 4.69) is 10.0 Å². The Morgan fingerprint density at radius 2 is 1.40 bits per heavy atom. The number of aryl methyl sites for hydroxylation is 2. The van der Waals surface area contributed by atoms with Crippen LogP contribution in [0.25, 0.3) is 0 Å². The lowest BCUT2D eigenvalue weighted by Gasteiger charge is -2.25. The van der Waals surface area contributed by atoms with Crippen LogP contribution in [0.5, 0.6) is 0 Å². The highest BCUT2D eigenvalue weighted by Crippen LogP contribution is 2.33. The van der Waals surface area contributed by atoms with Crippen LogP contribution in [0.4, 0.5) is 17.1 Å². The summed E-state index contributed by atoms with van der Waals surface area (Å²) in [6, 6.07) is 22.9. The summed E-state index contributed by atoms with van der Waals surface area (Å²) in [5, 5.41) is 2.93. The third kappa shape index (κ3) is 6.59. The molecule has 0 fully saturated rings. The number of carbonyl (C=O) groups is 1. The predicted octanol–water partition coefficient (Wildman–Crippen LogP) is 6.25. The van der Waals surface area contributed by atoms with E-state index < -0.39 is 32.5 Å². The van der Waals surface area contributed by atoms with E-state index in [-0.39, 0.29) is 31.2 Å². The Labute approximate surface area is 243 Å². The Balaban J connectivity index is 1.56. The first-order chi connectivity index (χ1) is 18.9. The van der Waals surface area contributed by atoms with Gasteiger partial charge in [0.25, 0.3) is 20.0 Å². The van der Waals surface area contributed by atoms with Crippen LogP contribution < -0.4 is 14.3 Å². The van der Waals surface area contributed by atoms with Gasteiger partial charge in [-0.3, -0.25) is 13.8 Å². The zero-order valence-corrected chi connectivity index (χ0v) is 24.6. The Bertz CT molecular complexity index is 1740. The average Bonchev–Trinajstić information content (AvgIpc) is 2.92. The fourth-order valence-electron chi connectivity index (χ4n) is 3.91. The van der Waals surface area contributed by atoms with E-state index in [4.69, 9.17) is 23.2 Å². The molecule has 40 heavy (non-hydrogen) atoms. The standard InChI is InChI=1S/C28H25Cl2N3O5S2/c1-19-7-6-8-20(2)28(19)32-39(35,36)23-14-12-22(13-15-23)31-27(34)18-33(26-17-21(29)11-16-25(26)30)40(37,38)24-9-4-3-5-10-24/h3-17,32H,18H2,1-2H3,(H,31,34). The molecule has 0 radical (unpaired) electrons. The third-order valence-electron chi connectivity index (χ3n) is 5.96. The highest BCUT2D eigenvalue weighted by molar-refractivity contribution is 7.93. The second-order valence-electron chi connectivity index (χ2n) is 8.87. The minimum Gasteiger partial charge on any atom is -0.325 e. The van der Waals surface area contributed by atoms with E-state index in [1.54, 1.807) is 44.2 Å². The van der Waals surface area contributed by atoms with Crippen LogP contribution in [0.15, 0.2) is 101 Å². The number of halogens is 2. The van der Waals surface area contributed by atoms with Gasteiger partial charge in [0.2, 0.25) is 5.91 Å². The van der Waals surface area contributed by atoms with Crippen molar-refractivity contribution in [3.05, 3.63) is 112 Å². The molecular formula is C28H25Cl2N3O5S2. The molecule has 4 rings (SSSR count). The molecular weight excluding hydrogens is 593 g/mol. The van der Waals surface area contributed by atoms with Crippen molar-refractivity contribution < 1.29 is 21.6 Å². The van der Waals surface area contributed by atoms with Crippen LogP contribution in [0.1, 0.15) is 11.1 Å². The van der Waals surface area contributed by atoms with Gasteiger partial charge in [0.15, 0.2) is 0 Å². The minimum absolute atomic E-state index is 0.00727. The Kier molecular flexibility index (Phi) is 8.74. The van der Waals surface area contributed by atoms with E-state index in [1.807, 2.05) is 6.07 Å². The predicted molar refractivity (Wildman–Crippen MR) is 159 cm³/mol. The summed E-state index contributed by atoms with van der Waals surface area (Å²) in [6.45, 7) is 2.99. The van der Waals surface area contributed by atoms with Crippen LogP contribution >= 0.6 is 23.2 Å². The van der Waals surface area contributed by atoms with Gasteiger partial charge < -0.3 is 5.32 Å². The number of benzene rings is 4. The van der Waals surface area contributed by atoms with Crippen molar-refractivity contribution in [2.45, 2.75) is 23.6 Å². The average molecular weight is 619 g/mol. The molecule has 12 heteroatoms. The molecule has 2 N–H and O–H groups in total. The summed E-state index contributed by atoms with van der Waals surface area (Å²) in [4.78, 5) is 13.0. The van der Waals surface area contributed by atoms with Gasteiger partial charge in [-0.15, -0.1) is 0 Å². The van der Waals surface area contributed by atoms with Crippen molar-refractivity contribution in [3.63, 3.8) is 0 Å². The van der Waals surface area contributed by atoms with Gasteiger partial charge in [-0.25, -0.2) is 16.8 Å². The second kappa shape index (κ2) is 11.9. The van der Waals surface area contributed by atoms with Gasteiger partial charge in [-0.05, 0) is 79.6 Å². The van der Waals surface area contributed by atoms with Crippen molar-refractivity contribution in [1.29, 1.82) is 0 Å². The molecule has 0 saturated heterocycles. The van der Waals surface area contributed by atoms with Crippen molar-refractivity contribution in [1.82, 2.24) is 0 Å². The number of anilines is 3. The Morgan fingerprint density at radius 1 is 0.775 bits per heavy atom. The molecule has 0 aliphatic rings. The van der Waals surface area contributed by atoms with Crippen LogP contribution in [0.3, 0.4) is 0 Å². The summed E-state index contributed by atoms with van der Waals surface area (Å²) in [6.07, 6.45) is 0. The molecule has 0 aromatic heterocycles. The number of carbonyl (C=O) groups excluding carboxylic acids is 1. The van der Waals surface area contributed by atoms with E-state index in [0.29, 0.717) is 5.69 Å². The first-order valence-electron chi connectivity index (χ1n) is 11.9. The van der Waals surface area contributed by atoms with Gasteiger partial charge in [-0.1, -0.05) is 59.6 Å². The van der Waals surface area contributed by atoms with Gasteiger partial charge in [0.05, 0.1) is 26.2 Å². The minimum atomic E-state index is -4.20. The van der Waals surface area contributed by atoms with Crippen molar-refractivity contribution >= 4 is 66.2 Å². The number of hydrogen-bond donors (Lipinski definition) is 2. The van der Waals surface area contributed by atoms with Crippen molar-refractivity contribution in [3.8, 4) is 0 Å². The van der Waals surface area contributed by atoms with Crippen LogP contribution in [0, 0.1) is 13.8 Å². The summed E-state index contributed by atoms with van der Waals surface area (Å²) in [5.74, 6) is -0.681. The summed E-state index contributed by atoms with van der Waals surface area (Å²) >= 11 is 12.4. The SMILES string of the molecule is Cc1cccc(C)c1NS(=O)(=O)c1ccc(NC(=O)CN(c2cc(Cl)ccc2Cl)S(=O)(=O)c2ccccc2)cc1. The number of nitrogens with one attached hydrogen (secondary N) is 2. The fraction of sp³-hybridized carbons (Fsp3) is 0.107. The molecule has 0 heterocycles. The lowest BCUT2D eigenvalue weighted by atomic mass is 10.1. The molecule has 1 amide bonds. The Morgan fingerprint density at radius 3 is 2.02 bits per heavy atom. The number of para-hydroxylation sites is 1. The maximum absolute atomic E-state index is 13.5. The fourth-order valence-corrected chi connectivity index (χ4v) is 7.01. The third-order valence-corrected chi connectivity index (χ3v) is 9.66. The van der Waals surface area contributed by atoms with E-state index in [9.17, 15) is 21.6 Å². The van der Waals surface area contributed by atoms with Gasteiger partial charge >= 0.3 is 0 Å². The molecule has 0 aliphatic carbocycles. The number of amides is 1. The molecule has 0 aliphatic heterocycles. The van der Waals surface area contributed by atoms with E-state index in [0.717, 1.165) is 15.4 Å². The molecule has 208 valence electrons. The normalized spacial score (nSPS) is 11.6. The van der Waals surface area contributed by atoms with E-state index in [1.165, 1.54) is 54.6 Å². The molecule has 0 bridgehead atoms. The molecule has 8 nitrogen and oxygen atoms in total. The first-order valence-corrected chi connectivity index (χ1v) is 15.6. The topological polar surface area (TPSA) is 113 Å². The van der Waals surface area contributed by atoms with Gasteiger partial charge in [-0.2, -0.15) is 0 Å². The second-order valence-corrected chi connectivity index (χ2v) is 13.3. The zero-order valence-electron chi connectivity index (χ0n) is 21.4. The van der Waals surface area contributed by atoms with Gasteiger partial charge in [0, 0.05) is 10.7 Å². The lowest BCUT2D eigenvalue weighted by molar-refractivity contribution is -0.114. The molecule has 0 spiro atoms. The first kappa shape index (κ1) is 29.4. The quantitative estimate of drug-likeness (QED) is 0.231. The summed E-state index contributed by atoms with van der Waals surface area (Å²) in [5.41, 5.74) is 2.36. The van der Waals surface area contributed by atoms with E-state index >= 15 is 0 Å². The molecule has 0 atom stereocenters. The van der Waals surface area contributed by atoms with Crippen LogP contribution in [-0.2, 0) is 24.8 Å². The maximum Gasteiger partial charge on any atom is 0.264 e. The maximum atomic E-state index is 13.5. The molecule has 0 saturated carbocycles. The van der Waals surface area contributed by atoms with Crippen LogP contribution in [0.2, 0.25) is 10.0 Å². The number of hydrogen-bond acceptors (Lipinski definition) is 5. The number of rotatable bonds is 9. The largest absolute Gasteiger partial charge is 0.325 e. The molecule has 0 unspecified atom stereocenters. The molecule has 4 aromatic carbocycles. The van der Waals surface area contributed by atoms with Crippen molar-refractivity contribution in [2.75, 3.05) is 20.9 Å². The number of sulfonamides is 2.